The van der Waals surface area contributed by atoms with E-state index in [1.807, 2.05) is 59.1 Å². The normalized spacial score (nSPS) is 11.3. The van der Waals surface area contributed by atoms with Crippen LogP contribution in [0.3, 0.4) is 0 Å². The van der Waals surface area contributed by atoms with Crippen LogP contribution >= 0.6 is 11.6 Å². The van der Waals surface area contributed by atoms with E-state index in [0.29, 0.717) is 34.4 Å². The fraction of sp³-hybridized carbons (Fsp3) is 0.364. The van der Waals surface area contributed by atoms with Gasteiger partial charge >= 0.3 is 0 Å². The van der Waals surface area contributed by atoms with Crippen LogP contribution < -0.4 is 9.47 Å². The Hall–Kier alpha value is -3.28. The van der Waals surface area contributed by atoms with E-state index >= 15 is 0 Å². The number of nitrogens with zero attached hydrogens (tertiary/aromatic N) is 2. The number of carbonyl (C=O) groups excluding carboxylic acids is 1. The monoisotopic (exact) mass is 546 g/mol. The van der Waals surface area contributed by atoms with Crippen LogP contribution in [0.2, 0.25) is 5.02 Å². The first-order chi connectivity index (χ1) is 19.1. The zero-order chi connectivity index (χ0) is 27.6. The molecule has 0 atom stereocenters. The van der Waals surface area contributed by atoms with Crippen molar-refractivity contribution in [3.05, 3.63) is 89.2 Å². The molecule has 0 saturated carbocycles. The summed E-state index contributed by atoms with van der Waals surface area (Å²) < 4.78 is 13.7. The first kappa shape index (κ1) is 28.7. The van der Waals surface area contributed by atoms with E-state index in [2.05, 4.69) is 18.7 Å². The largest absolute Gasteiger partial charge is 0.494 e. The van der Waals surface area contributed by atoms with Crippen molar-refractivity contribution in [3.8, 4) is 22.6 Å². The zero-order valence-electron chi connectivity index (χ0n) is 23.3. The van der Waals surface area contributed by atoms with Crippen molar-refractivity contribution < 1.29 is 14.3 Å². The summed E-state index contributed by atoms with van der Waals surface area (Å²) in [6, 6.07) is 21.0. The number of benzene rings is 2. The van der Waals surface area contributed by atoms with Gasteiger partial charge in [-0.25, -0.2) is 0 Å². The lowest BCUT2D eigenvalue weighted by Crippen LogP contribution is -2.28. The highest BCUT2D eigenvalue weighted by atomic mass is 35.5. The number of rotatable bonds is 15. The lowest BCUT2D eigenvalue weighted by molar-refractivity contribution is 0.103. The van der Waals surface area contributed by atoms with Crippen LogP contribution in [0.5, 0.6) is 11.5 Å². The number of hydrogen-bond acceptors (Lipinski definition) is 4. The number of ketones is 1. The number of unbranched alkanes of at least 4 members (excludes halogenated alkanes) is 2. The zero-order valence-corrected chi connectivity index (χ0v) is 24.0. The first-order valence-corrected chi connectivity index (χ1v) is 14.4. The lowest BCUT2D eigenvalue weighted by Gasteiger charge is -2.22. The molecule has 0 aliphatic heterocycles. The quantitative estimate of drug-likeness (QED) is 0.111. The third-order valence-electron chi connectivity index (χ3n) is 7.01. The van der Waals surface area contributed by atoms with Crippen molar-refractivity contribution in [3.63, 3.8) is 0 Å². The molecule has 0 spiro atoms. The fourth-order valence-corrected chi connectivity index (χ4v) is 5.18. The van der Waals surface area contributed by atoms with Gasteiger partial charge in [-0.2, -0.15) is 0 Å². The number of fused-ring (bicyclic) bond motifs is 1. The van der Waals surface area contributed by atoms with Crippen molar-refractivity contribution in [1.82, 2.24) is 9.30 Å². The maximum atomic E-state index is 14.0. The Morgan fingerprint density at radius 3 is 2.26 bits per heavy atom. The van der Waals surface area contributed by atoms with E-state index in [9.17, 15) is 4.79 Å². The number of pyridine rings is 1. The minimum atomic E-state index is -0.130. The van der Waals surface area contributed by atoms with Crippen LogP contribution in [-0.4, -0.2) is 48.4 Å². The lowest BCUT2D eigenvalue weighted by atomic mass is 9.99. The number of ether oxygens (including phenoxy) is 2. The van der Waals surface area contributed by atoms with Crippen molar-refractivity contribution in [2.45, 2.75) is 46.0 Å². The van der Waals surface area contributed by atoms with Crippen LogP contribution in [0, 0.1) is 0 Å². The first-order valence-electron chi connectivity index (χ1n) is 14.0. The third kappa shape index (κ3) is 6.84. The van der Waals surface area contributed by atoms with Gasteiger partial charge in [-0.1, -0.05) is 74.7 Å². The van der Waals surface area contributed by atoms with Gasteiger partial charge in [0.2, 0.25) is 5.78 Å². The smallest absolute Gasteiger partial charge is 0.210 e. The number of halogens is 1. The van der Waals surface area contributed by atoms with Gasteiger partial charge in [0.25, 0.3) is 0 Å². The van der Waals surface area contributed by atoms with Crippen LogP contribution in [0.15, 0.2) is 72.9 Å². The predicted molar refractivity (Wildman–Crippen MR) is 161 cm³/mol. The Morgan fingerprint density at radius 1 is 0.897 bits per heavy atom. The molecule has 0 N–H and O–H groups in total. The molecule has 0 radical (unpaired) electrons. The molecule has 0 amide bonds. The van der Waals surface area contributed by atoms with Crippen LogP contribution in [0.25, 0.3) is 16.6 Å². The summed E-state index contributed by atoms with van der Waals surface area (Å²) in [4.78, 5) is 16.5. The van der Waals surface area contributed by atoms with Crippen LogP contribution in [0.4, 0.5) is 0 Å². The standard InChI is InChI=1S/C33H39ClN2O3/c1-4-6-19-35(20-7-5-2)21-13-23-39-29-18-17-26(24-27(29)34)32(37)31-30(25-14-9-8-10-15-25)33(38-3)28-16-11-12-22-36(28)31/h8-12,14-18,22,24H,4-7,13,19-21,23H2,1-3H3. The highest BCUT2D eigenvalue weighted by Crippen LogP contribution is 2.40. The summed E-state index contributed by atoms with van der Waals surface area (Å²) in [5.74, 6) is 1.14. The van der Waals surface area contributed by atoms with Crippen molar-refractivity contribution in [2.75, 3.05) is 33.4 Å². The summed E-state index contributed by atoms with van der Waals surface area (Å²) in [6.07, 6.45) is 7.68. The second-order valence-corrected chi connectivity index (χ2v) is 10.2. The molecule has 2 heterocycles. The molecule has 5 nitrogen and oxygen atoms in total. The van der Waals surface area contributed by atoms with Crippen molar-refractivity contribution in [1.29, 1.82) is 0 Å². The Labute approximate surface area is 237 Å². The molecule has 0 fully saturated rings. The van der Waals surface area contributed by atoms with Gasteiger partial charge < -0.3 is 18.8 Å². The molecule has 0 saturated heterocycles. The van der Waals surface area contributed by atoms with Gasteiger partial charge in [0.1, 0.15) is 11.4 Å². The molecule has 0 unspecified atom stereocenters. The third-order valence-corrected chi connectivity index (χ3v) is 7.30. The Morgan fingerprint density at radius 2 is 1.59 bits per heavy atom. The van der Waals surface area contributed by atoms with Crippen LogP contribution in [-0.2, 0) is 0 Å². The SMILES string of the molecule is CCCCN(CCCC)CCCOc1ccc(C(=O)c2c(-c3ccccc3)c(OC)c3ccccn23)cc1Cl. The molecule has 0 aliphatic carbocycles. The average Bonchev–Trinajstić information content (AvgIpc) is 3.31. The van der Waals surface area contributed by atoms with Gasteiger partial charge in [0, 0.05) is 18.3 Å². The van der Waals surface area contributed by atoms with Gasteiger partial charge in [0.05, 0.1) is 29.8 Å². The van der Waals surface area contributed by atoms with Gasteiger partial charge in [-0.05, 0) is 68.2 Å². The highest BCUT2D eigenvalue weighted by Gasteiger charge is 2.26. The Kier molecular flexibility index (Phi) is 10.5. The van der Waals surface area contributed by atoms with Crippen molar-refractivity contribution >= 4 is 22.9 Å². The second kappa shape index (κ2) is 14.2. The van der Waals surface area contributed by atoms with Gasteiger partial charge in [0.15, 0.2) is 5.75 Å². The minimum Gasteiger partial charge on any atom is -0.494 e. The average molecular weight is 547 g/mol. The summed E-state index contributed by atoms with van der Waals surface area (Å²) in [6.45, 7) is 8.33. The maximum Gasteiger partial charge on any atom is 0.210 e. The summed E-state index contributed by atoms with van der Waals surface area (Å²) >= 11 is 6.63. The van der Waals surface area contributed by atoms with Crippen LogP contribution in [0.1, 0.15) is 62.0 Å². The molecular formula is C33H39ClN2O3. The molecule has 4 rings (SSSR count). The molecule has 4 aromatic rings. The molecule has 39 heavy (non-hydrogen) atoms. The maximum absolute atomic E-state index is 14.0. The van der Waals surface area contributed by atoms with E-state index in [1.54, 1.807) is 25.3 Å². The van der Waals surface area contributed by atoms with E-state index in [4.69, 9.17) is 21.1 Å². The number of methoxy groups -OCH3 is 1. The summed E-state index contributed by atoms with van der Waals surface area (Å²) in [5.41, 5.74) is 3.55. The topological polar surface area (TPSA) is 43.2 Å². The van der Waals surface area contributed by atoms with Gasteiger partial charge in [-0.15, -0.1) is 0 Å². The predicted octanol–water partition coefficient (Wildman–Crippen LogP) is 8.17. The molecule has 206 valence electrons. The molecule has 6 heteroatoms. The Bertz CT molecular complexity index is 1360. The van der Waals surface area contributed by atoms with E-state index in [-0.39, 0.29) is 5.78 Å². The number of carbonyl (C=O) groups is 1. The van der Waals surface area contributed by atoms with E-state index in [1.165, 1.54) is 25.7 Å². The molecule has 2 aromatic heterocycles. The minimum absolute atomic E-state index is 0.130. The van der Waals surface area contributed by atoms with Crippen molar-refractivity contribution in [2.24, 2.45) is 0 Å². The Balaban J connectivity index is 1.53. The molecular weight excluding hydrogens is 508 g/mol. The van der Waals surface area contributed by atoms with Gasteiger partial charge in [-0.3, -0.25) is 4.79 Å². The molecule has 0 aliphatic rings. The second-order valence-electron chi connectivity index (χ2n) is 9.80. The number of hydrogen-bond donors (Lipinski definition) is 0. The van der Waals surface area contributed by atoms with E-state index < -0.39 is 0 Å². The number of aromatic nitrogens is 1. The highest BCUT2D eigenvalue weighted by molar-refractivity contribution is 6.32. The summed E-state index contributed by atoms with van der Waals surface area (Å²) in [7, 11) is 1.64. The molecule has 0 bridgehead atoms. The molecule has 2 aromatic carbocycles. The van der Waals surface area contributed by atoms with E-state index in [0.717, 1.165) is 42.7 Å². The summed E-state index contributed by atoms with van der Waals surface area (Å²) in [5, 5.41) is 0.434. The fourth-order valence-electron chi connectivity index (χ4n) is 4.95.